The molecule has 0 unspecified atom stereocenters. The molecule has 0 saturated carbocycles. The largest absolute Gasteiger partial charge is 0.478 e. The molecule has 0 aliphatic carbocycles. The molecular formula is C16H16N4O2. The number of nitrogens with zero attached hydrogens (tertiary/aromatic N) is 4. The Labute approximate surface area is 127 Å². The Kier molecular flexibility index (Phi) is 3.74. The van der Waals surface area contributed by atoms with Gasteiger partial charge in [0.05, 0.1) is 12.0 Å². The summed E-state index contributed by atoms with van der Waals surface area (Å²) < 4.78 is 3.97. The highest BCUT2D eigenvalue weighted by atomic mass is 16.4. The number of hydrogen-bond acceptors (Lipinski definition) is 3. The van der Waals surface area contributed by atoms with Gasteiger partial charge in [-0.15, -0.1) is 0 Å². The summed E-state index contributed by atoms with van der Waals surface area (Å²) in [6.07, 6.45) is 7.94. The van der Waals surface area contributed by atoms with Crippen LogP contribution in [0.25, 0.3) is 0 Å². The molecule has 0 aliphatic rings. The quantitative estimate of drug-likeness (QED) is 0.781. The highest BCUT2D eigenvalue weighted by Gasteiger charge is 2.09. The number of carboxylic acid groups (broad SMARTS) is 1. The summed E-state index contributed by atoms with van der Waals surface area (Å²) in [7, 11) is 1.95. The lowest BCUT2D eigenvalue weighted by Crippen LogP contribution is -2.08. The number of carboxylic acids is 1. The van der Waals surface area contributed by atoms with Crippen LogP contribution in [-0.2, 0) is 20.0 Å². The van der Waals surface area contributed by atoms with Crippen LogP contribution in [0.2, 0.25) is 0 Å². The maximum absolute atomic E-state index is 11.0. The second kappa shape index (κ2) is 5.85. The number of rotatable bonds is 5. The molecule has 3 aromatic rings. The Morgan fingerprint density at radius 1 is 1.18 bits per heavy atom. The Balaban J connectivity index is 1.82. The van der Waals surface area contributed by atoms with Gasteiger partial charge in [0.15, 0.2) is 0 Å². The van der Waals surface area contributed by atoms with E-state index in [1.54, 1.807) is 30.6 Å². The van der Waals surface area contributed by atoms with Crippen molar-refractivity contribution in [3.8, 4) is 0 Å². The summed E-state index contributed by atoms with van der Waals surface area (Å²) >= 11 is 0. The minimum absolute atomic E-state index is 0.295. The lowest BCUT2D eigenvalue weighted by atomic mass is 10.1. The highest BCUT2D eigenvalue weighted by Crippen LogP contribution is 2.11. The van der Waals surface area contributed by atoms with Crippen molar-refractivity contribution in [3.05, 3.63) is 71.8 Å². The van der Waals surface area contributed by atoms with Gasteiger partial charge in [-0.25, -0.2) is 14.8 Å². The molecule has 2 heterocycles. The van der Waals surface area contributed by atoms with Crippen molar-refractivity contribution in [2.75, 3.05) is 0 Å². The number of imidazole rings is 2. The van der Waals surface area contributed by atoms with Crippen LogP contribution >= 0.6 is 0 Å². The first-order valence-corrected chi connectivity index (χ1v) is 6.92. The molecule has 112 valence electrons. The normalized spacial score (nSPS) is 10.8. The zero-order chi connectivity index (χ0) is 15.5. The third kappa shape index (κ3) is 2.90. The topological polar surface area (TPSA) is 72.9 Å². The van der Waals surface area contributed by atoms with Gasteiger partial charge < -0.3 is 14.2 Å². The number of benzene rings is 1. The van der Waals surface area contributed by atoms with Crippen LogP contribution in [0.1, 0.15) is 27.6 Å². The van der Waals surface area contributed by atoms with Gasteiger partial charge >= 0.3 is 5.97 Å². The minimum Gasteiger partial charge on any atom is -0.478 e. The lowest BCUT2D eigenvalue weighted by molar-refractivity contribution is 0.0696. The van der Waals surface area contributed by atoms with Gasteiger partial charge in [-0.3, -0.25) is 0 Å². The van der Waals surface area contributed by atoms with Crippen molar-refractivity contribution in [3.63, 3.8) is 0 Å². The molecule has 0 aliphatic heterocycles. The van der Waals surface area contributed by atoms with E-state index in [0.717, 1.165) is 17.2 Å². The summed E-state index contributed by atoms with van der Waals surface area (Å²) in [5, 5.41) is 9.06. The monoisotopic (exact) mass is 296 g/mol. The predicted molar refractivity (Wildman–Crippen MR) is 80.7 cm³/mol. The Morgan fingerprint density at radius 3 is 2.68 bits per heavy atom. The molecule has 6 heteroatoms. The van der Waals surface area contributed by atoms with Gasteiger partial charge in [0.25, 0.3) is 0 Å². The Hall–Kier alpha value is -2.89. The second-order valence-corrected chi connectivity index (χ2v) is 5.11. The zero-order valence-corrected chi connectivity index (χ0v) is 12.2. The molecular weight excluding hydrogens is 280 g/mol. The van der Waals surface area contributed by atoms with E-state index in [-0.39, 0.29) is 0 Å². The molecule has 3 rings (SSSR count). The minimum atomic E-state index is -0.916. The van der Waals surface area contributed by atoms with Crippen molar-refractivity contribution >= 4 is 5.97 Å². The van der Waals surface area contributed by atoms with E-state index < -0.39 is 5.97 Å². The van der Waals surface area contributed by atoms with E-state index in [1.807, 2.05) is 34.6 Å². The number of hydrogen-bond donors (Lipinski definition) is 1. The maximum Gasteiger partial charge on any atom is 0.335 e. The number of aromatic carboxylic acids is 1. The molecule has 0 fully saturated rings. The average Bonchev–Trinajstić information content (AvgIpc) is 3.10. The van der Waals surface area contributed by atoms with Crippen LogP contribution in [0.4, 0.5) is 0 Å². The van der Waals surface area contributed by atoms with Crippen molar-refractivity contribution in [2.45, 2.75) is 13.0 Å². The average molecular weight is 296 g/mol. The van der Waals surface area contributed by atoms with Crippen molar-refractivity contribution in [1.29, 1.82) is 0 Å². The Bertz CT molecular complexity index is 804. The van der Waals surface area contributed by atoms with Gasteiger partial charge in [-0.05, 0) is 17.7 Å². The first kappa shape index (κ1) is 14.1. The second-order valence-electron chi connectivity index (χ2n) is 5.11. The molecule has 0 radical (unpaired) electrons. The van der Waals surface area contributed by atoms with Crippen molar-refractivity contribution in [1.82, 2.24) is 19.1 Å². The summed E-state index contributed by atoms with van der Waals surface area (Å²) in [4.78, 5) is 19.7. The van der Waals surface area contributed by atoms with Gasteiger partial charge in [0, 0.05) is 38.4 Å². The third-order valence-electron chi connectivity index (χ3n) is 3.57. The number of aryl methyl sites for hydroxylation is 1. The van der Waals surface area contributed by atoms with Crippen LogP contribution in [0, 0.1) is 0 Å². The van der Waals surface area contributed by atoms with Crippen LogP contribution in [0.3, 0.4) is 0 Å². The third-order valence-corrected chi connectivity index (χ3v) is 3.57. The van der Waals surface area contributed by atoms with Gasteiger partial charge in [-0.2, -0.15) is 0 Å². The van der Waals surface area contributed by atoms with Crippen LogP contribution in [-0.4, -0.2) is 30.2 Å². The number of aromatic nitrogens is 4. The van der Waals surface area contributed by atoms with Crippen LogP contribution in [0.5, 0.6) is 0 Å². The fourth-order valence-electron chi connectivity index (χ4n) is 2.36. The zero-order valence-electron chi connectivity index (χ0n) is 12.2. The highest BCUT2D eigenvalue weighted by molar-refractivity contribution is 5.87. The molecule has 22 heavy (non-hydrogen) atoms. The van der Waals surface area contributed by atoms with Crippen LogP contribution in [0.15, 0.2) is 49.1 Å². The fourth-order valence-corrected chi connectivity index (χ4v) is 2.36. The first-order chi connectivity index (χ1) is 10.6. The SMILES string of the molecule is Cn1ccnc1Cc1nccn1Cc1cccc(C(=O)O)c1. The van der Waals surface area contributed by atoms with E-state index in [1.165, 1.54) is 0 Å². The molecule has 1 N–H and O–H groups in total. The molecule has 6 nitrogen and oxygen atoms in total. The maximum atomic E-state index is 11.0. The molecule has 0 amide bonds. The summed E-state index contributed by atoms with van der Waals surface area (Å²) in [6.45, 7) is 0.584. The van der Waals surface area contributed by atoms with E-state index in [2.05, 4.69) is 9.97 Å². The smallest absolute Gasteiger partial charge is 0.335 e. The van der Waals surface area contributed by atoms with E-state index >= 15 is 0 Å². The standard InChI is InChI=1S/C16H16N4O2/c1-19-7-5-17-14(19)10-15-18-6-8-20(15)11-12-3-2-4-13(9-12)16(21)22/h2-9H,10-11H2,1H3,(H,21,22). The predicted octanol–water partition coefficient (Wildman–Crippen LogP) is 1.95. The van der Waals surface area contributed by atoms with Crippen molar-refractivity contribution < 1.29 is 9.90 Å². The molecule has 0 bridgehead atoms. The van der Waals surface area contributed by atoms with Crippen LogP contribution < -0.4 is 0 Å². The summed E-state index contributed by atoms with van der Waals surface area (Å²) in [5.41, 5.74) is 1.22. The van der Waals surface area contributed by atoms with E-state index in [9.17, 15) is 4.79 Å². The first-order valence-electron chi connectivity index (χ1n) is 6.92. The van der Waals surface area contributed by atoms with E-state index in [4.69, 9.17) is 5.11 Å². The molecule has 0 spiro atoms. The summed E-state index contributed by atoms with van der Waals surface area (Å²) in [5.74, 6) is 0.919. The van der Waals surface area contributed by atoms with Gasteiger partial charge in [0.2, 0.25) is 0 Å². The van der Waals surface area contributed by atoms with E-state index in [0.29, 0.717) is 18.5 Å². The Morgan fingerprint density at radius 2 is 1.95 bits per heavy atom. The number of carbonyl (C=O) groups is 1. The molecule has 1 aromatic carbocycles. The lowest BCUT2D eigenvalue weighted by Gasteiger charge is -2.09. The molecule has 2 aromatic heterocycles. The fraction of sp³-hybridized carbons (Fsp3) is 0.188. The molecule has 0 saturated heterocycles. The van der Waals surface area contributed by atoms with Gasteiger partial charge in [-0.1, -0.05) is 12.1 Å². The summed E-state index contributed by atoms with van der Waals surface area (Å²) in [6, 6.07) is 6.95. The van der Waals surface area contributed by atoms with Crippen molar-refractivity contribution in [2.24, 2.45) is 7.05 Å². The molecule has 0 atom stereocenters. The van der Waals surface area contributed by atoms with Gasteiger partial charge in [0.1, 0.15) is 11.6 Å².